The molecule has 1 aromatic carbocycles. The van der Waals surface area contributed by atoms with Crippen LogP contribution in [0, 0.1) is 5.92 Å². The topological polar surface area (TPSA) is 24.5 Å². The minimum Gasteiger partial charge on any atom is -0.495 e. The van der Waals surface area contributed by atoms with Crippen molar-refractivity contribution in [2.24, 2.45) is 5.92 Å². The first-order valence-electron chi connectivity index (χ1n) is 7.16. The average molecular weight is 262 g/mol. The maximum Gasteiger partial charge on any atom is 0.141 e. The molecule has 19 heavy (non-hydrogen) atoms. The molecule has 3 nitrogen and oxygen atoms in total. The van der Waals surface area contributed by atoms with Crippen LogP contribution in [0.1, 0.15) is 31.7 Å². The van der Waals surface area contributed by atoms with Crippen LogP contribution >= 0.6 is 0 Å². The Morgan fingerprint density at radius 2 is 2.11 bits per heavy atom. The van der Waals surface area contributed by atoms with Crippen LogP contribution in [-0.4, -0.2) is 32.1 Å². The summed E-state index contributed by atoms with van der Waals surface area (Å²) >= 11 is 0. The molecule has 0 radical (unpaired) electrons. The van der Waals surface area contributed by atoms with Crippen LogP contribution in [-0.2, 0) is 6.54 Å². The van der Waals surface area contributed by atoms with Crippen LogP contribution in [0.4, 0.5) is 5.69 Å². The van der Waals surface area contributed by atoms with E-state index in [1.54, 1.807) is 7.11 Å². The number of hydrogen-bond donors (Lipinski definition) is 1. The highest BCUT2D eigenvalue weighted by molar-refractivity contribution is 5.58. The van der Waals surface area contributed by atoms with E-state index < -0.39 is 0 Å². The van der Waals surface area contributed by atoms with E-state index >= 15 is 0 Å². The molecule has 106 valence electrons. The van der Waals surface area contributed by atoms with Crippen LogP contribution in [0.25, 0.3) is 0 Å². The number of nitrogens with zero attached hydrogens (tertiary/aromatic N) is 1. The number of nitrogens with one attached hydrogen (secondary N) is 1. The third-order valence-electron chi connectivity index (χ3n) is 3.55. The molecule has 2 rings (SSSR count). The molecule has 0 heterocycles. The molecule has 1 saturated carbocycles. The van der Waals surface area contributed by atoms with Crippen LogP contribution < -0.4 is 10.1 Å². The van der Waals surface area contributed by atoms with Crippen molar-refractivity contribution in [1.82, 2.24) is 4.90 Å². The Balaban J connectivity index is 2.05. The van der Waals surface area contributed by atoms with E-state index in [4.69, 9.17) is 4.74 Å². The van der Waals surface area contributed by atoms with Gasteiger partial charge in [0, 0.05) is 12.6 Å². The van der Waals surface area contributed by atoms with Crippen LogP contribution in [0.3, 0.4) is 0 Å². The molecule has 0 saturated heterocycles. The third kappa shape index (κ3) is 4.43. The van der Waals surface area contributed by atoms with E-state index in [-0.39, 0.29) is 0 Å². The minimum atomic E-state index is 0.510. The largest absolute Gasteiger partial charge is 0.495 e. The van der Waals surface area contributed by atoms with Crippen LogP contribution in [0.2, 0.25) is 0 Å². The molecule has 0 aliphatic heterocycles. The van der Waals surface area contributed by atoms with Crippen molar-refractivity contribution < 1.29 is 4.74 Å². The van der Waals surface area contributed by atoms with E-state index in [2.05, 4.69) is 49.4 Å². The van der Waals surface area contributed by atoms with Gasteiger partial charge in [-0.15, -0.1) is 0 Å². The fraction of sp³-hybridized carbons (Fsp3) is 0.625. The first-order chi connectivity index (χ1) is 9.08. The molecular weight excluding hydrogens is 236 g/mol. The molecule has 1 N–H and O–H groups in total. The van der Waals surface area contributed by atoms with Gasteiger partial charge in [0.05, 0.1) is 12.8 Å². The quantitative estimate of drug-likeness (QED) is 0.815. The molecule has 1 aliphatic carbocycles. The number of rotatable bonds is 7. The fourth-order valence-corrected chi connectivity index (χ4v) is 2.51. The predicted octanol–water partition coefficient (Wildman–Crippen LogP) is 3.36. The summed E-state index contributed by atoms with van der Waals surface area (Å²) in [6.07, 6.45) is 4.08. The van der Waals surface area contributed by atoms with Gasteiger partial charge in [-0.1, -0.05) is 18.9 Å². The molecule has 0 spiro atoms. The van der Waals surface area contributed by atoms with Crippen LogP contribution in [0.5, 0.6) is 5.75 Å². The van der Waals surface area contributed by atoms with E-state index in [0.717, 1.165) is 23.9 Å². The molecule has 1 unspecified atom stereocenters. The molecule has 1 aromatic rings. The number of benzene rings is 1. The second kappa shape index (κ2) is 6.29. The highest BCUT2D eigenvalue weighted by Gasteiger charge is 2.23. The van der Waals surface area contributed by atoms with Gasteiger partial charge in [-0.2, -0.15) is 0 Å². The third-order valence-corrected chi connectivity index (χ3v) is 3.55. The standard InChI is InChI=1S/C16H26N2O/c1-12(9-13-5-6-13)17-15-10-14(11-18(2)3)7-8-16(15)19-4/h7-8,10,12-13,17H,5-6,9,11H2,1-4H3. The first-order valence-corrected chi connectivity index (χ1v) is 7.16. The monoisotopic (exact) mass is 262 g/mol. The van der Waals surface area contributed by atoms with Gasteiger partial charge in [0.1, 0.15) is 5.75 Å². The zero-order valence-corrected chi connectivity index (χ0v) is 12.6. The second-order valence-electron chi connectivity index (χ2n) is 6.00. The van der Waals surface area contributed by atoms with Crippen molar-refractivity contribution in [2.45, 2.75) is 38.8 Å². The molecule has 1 atom stereocenters. The average Bonchev–Trinajstić information content (AvgIpc) is 3.12. The summed E-state index contributed by atoms with van der Waals surface area (Å²) in [7, 11) is 5.91. The molecule has 3 heteroatoms. The van der Waals surface area contributed by atoms with Gasteiger partial charge in [0.2, 0.25) is 0 Å². The zero-order valence-electron chi connectivity index (χ0n) is 12.6. The number of anilines is 1. The molecule has 0 amide bonds. The van der Waals surface area contributed by atoms with Crippen molar-refractivity contribution >= 4 is 5.69 Å². The Hall–Kier alpha value is -1.22. The fourth-order valence-electron chi connectivity index (χ4n) is 2.51. The lowest BCUT2D eigenvalue weighted by molar-refractivity contribution is 0.400. The van der Waals surface area contributed by atoms with Gasteiger partial charge in [-0.25, -0.2) is 0 Å². The molecule has 1 fully saturated rings. The van der Waals surface area contributed by atoms with Gasteiger partial charge in [-0.3, -0.25) is 0 Å². The molecular formula is C16H26N2O. The zero-order chi connectivity index (χ0) is 13.8. The van der Waals surface area contributed by atoms with Crippen molar-refractivity contribution in [2.75, 3.05) is 26.5 Å². The summed E-state index contributed by atoms with van der Waals surface area (Å²) in [6, 6.07) is 6.92. The van der Waals surface area contributed by atoms with Gasteiger partial charge in [-0.05, 0) is 51.1 Å². The minimum absolute atomic E-state index is 0.510. The maximum atomic E-state index is 5.45. The van der Waals surface area contributed by atoms with Gasteiger partial charge in [0.25, 0.3) is 0 Å². The summed E-state index contributed by atoms with van der Waals surface area (Å²) in [5.74, 6) is 1.88. The summed E-state index contributed by atoms with van der Waals surface area (Å²) in [4.78, 5) is 2.18. The Bertz CT molecular complexity index is 413. The summed E-state index contributed by atoms with van der Waals surface area (Å²) < 4.78 is 5.45. The van der Waals surface area contributed by atoms with E-state index in [1.807, 2.05) is 0 Å². The Morgan fingerprint density at radius 1 is 1.37 bits per heavy atom. The maximum absolute atomic E-state index is 5.45. The number of ether oxygens (including phenoxy) is 1. The smallest absolute Gasteiger partial charge is 0.141 e. The summed E-state index contributed by atoms with van der Waals surface area (Å²) in [5, 5.41) is 3.60. The lowest BCUT2D eigenvalue weighted by atomic mass is 10.1. The van der Waals surface area contributed by atoms with E-state index in [1.165, 1.54) is 24.8 Å². The van der Waals surface area contributed by atoms with Crippen molar-refractivity contribution in [3.05, 3.63) is 23.8 Å². The Labute approximate surface area is 116 Å². The van der Waals surface area contributed by atoms with Crippen molar-refractivity contribution in [3.63, 3.8) is 0 Å². The second-order valence-corrected chi connectivity index (χ2v) is 6.00. The van der Waals surface area contributed by atoms with Crippen molar-refractivity contribution in [3.8, 4) is 5.75 Å². The molecule has 0 bridgehead atoms. The number of methoxy groups -OCH3 is 1. The SMILES string of the molecule is COc1ccc(CN(C)C)cc1NC(C)CC1CC1. The van der Waals surface area contributed by atoms with Crippen LogP contribution in [0.15, 0.2) is 18.2 Å². The van der Waals surface area contributed by atoms with Gasteiger partial charge < -0.3 is 15.0 Å². The normalized spacial score (nSPS) is 16.5. The summed E-state index contributed by atoms with van der Waals surface area (Å²) in [6.45, 7) is 3.21. The molecule has 1 aliphatic rings. The number of hydrogen-bond acceptors (Lipinski definition) is 3. The Morgan fingerprint density at radius 3 is 2.68 bits per heavy atom. The first kappa shape index (κ1) is 14.2. The molecule has 0 aromatic heterocycles. The Kier molecular flexibility index (Phi) is 4.70. The lowest BCUT2D eigenvalue weighted by Crippen LogP contribution is -2.17. The summed E-state index contributed by atoms with van der Waals surface area (Å²) in [5.41, 5.74) is 2.43. The van der Waals surface area contributed by atoms with Gasteiger partial charge >= 0.3 is 0 Å². The highest BCUT2D eigenvalue weighted by atomic mass is 16.5. The van der Waals surface area contributed by atoms with E-state index in [9.17, 15) is 0 Å². The van der Waals surface area contributed by atoms with Gasteiger partial charge in [0.15, 0.2) is 0 Å². The lowest BCUT2D eigenvalue weighted by Gasteiger charge is -2.19. The highest BCUT2D eigenvalue weighted by Crippen LogP contribution is 2.35. The van der Waals surface area contributed by atoms with Crippen molar-refractivity contribution in [1.29, 1.82) is 0 Å². The predicted molar refractivity (Wildman–Crippen MR) is 80.8 cm³/mol. The van der Waals surface area contributed by atoms with E-state index in [0.29, 0.717) is 6.04 Å².